The fourth-order valence-corrected chi connectivity index (χ4v) is 1.62. The molecule has 2 N–H and O–H groups in total. The van der Waals surface area contributed by atoms with Gasteiger partial charge < -0.3 is 10.0 Å². The summed E-state index contributed by atoms with van der Waals surface area (Å²) in [6, 6.07) is 0. The molecule has 64 valence electrons. The molecule has 0 saturated heterocycles. The van der Waals surface area contributed by atoms with Crippen molar-refractivity contribution in [3.8, 4) is 0 Å². The van der Waals surface area contributed by atoms with Gasteiger partial charge >= 0.3 is 7.12 Å². The van der Waals surface area contributed by atoms with Gasteiger partial charge in [-0.3, -0.25) is 0 Å². The number of hydrogen-bond acceptors (Lipinski definition) is 2. The molecule has 1 saturated carbocycles. The van der Waals surface area contributed by atoms with Gasteiger partial charge in [-0.25, -0.2) is 0 Å². The molecule has 0 spiro atoms. The standard InChI is InChI=1S/C8H17BO2/c1-2-3-4-5-7-6-8(7)9(10)11/h7-8,10-11H,2-6H2,1H3/t7-,8-/m1/s1. The van der Waals surface area contributed by atoms with E-state index in [-0.39, 0.29) is 5.82 Å². The van der Waals surface area contributed by atoms with Crippen LogP contribution in [0, 0.1) is 5.92 Å². The van der Waals surface area contributed by atoms with E-state index in [9.17, 15) is 0 Å². The first kappa shape index (κ1) is 9.08. The van der Waals surface area contributed by atoms with Crippen LogP contribution < -0.4 is 0 Å². The van der Waals surface area contributed by atoms with Crippen LogP contribution in [0.15, 0.2) is 0 Å². The highest BCUT2D eigenvalue weighted by atomic mass is 16.4. The fourth-order valence-electron chi connectivity index (χ4n) is 1.62. The Labute approximate surface area is 68.8 Å². The Hall–Kier alpha value is -0.0151. The van der Waals surface area contributed by atoms with E-state index in [4.69, 9.17) is 10.0 Å². The van der Waals surface area contributed by atoms with Crippen LogP contribution in [-0.2, 0) is 0 Å². The maximum atomic E-state index is 8.77. The summed E-state index contributed by atoms with van der Waals surface area (Å²) in [5.41, 5.74) is 0. The minimum Gasteiger partial charge on any atom is -0.427 e. The zero-order chi connectivity index (χ0) is 8.27. The van der Waals surface area contributed by atoms with Crippen molar-refractivity contribution in [3.63, 3.8) is 0 Å². The highest BCUT2D eigenvalue weighted by Crippen LogP contribution is 2.48. The molecule has 0 amide bonds. The molecule has 0 aliphatic heterocycles. The van der Waals surface area contributed by atoms with E-state index >= 15 is 0 Å². The van der Waals surface area contributed by atoms with Crippen LogP contribution in [0.4, 0.5) is 0 Å². The third-order valence-corrected chi connectivity index (χ3v) is 2.54. The molecule has 1 aliphatic rings. The van der Waals surface area contributed by atoms with Gasteiger partial charge in [0.2, 0.25) is 0 Å². The molecular weight excluding hydrogens is 139 g/mol. The molecule has 2 atom stereocenters. The predicted octanol–water partition coefficient (Wildman–Crippen LogP) is 1.43. The highest BCUT2D eigenvalue weighted by molar-refractivity contribution is 6.44. The smallest absolute Gasteiger partial charge is 0.427 e. The molecule has 0 heterocycles. The van der Waals surface area contributed by atoms with Gasteiger partial charge in [0, 0.05) is 0 Å². The minimum absolute atomic E-state index is 0.201. The molecule has 1 rings (SSSR count). The van der Waals surface area contributed by atoms with Gasteiger partial charge in [-0.15, -0.1) is 0 Å². The Morgan fingerprint density at radius 3 is 2.55 bits per heavy atom. The monoisotopic (exact) mass is 156 g/mol. The second-order valence-corrected chi connectivity index (χ2v) is 3.57. The molecule has 0 aromatic carbocycles. The van der Waals surface area contributed by atoms with Gasteiger partial charge in [-0.1, -0.05) is 32.6 Å². The number of rotatable bonds is 5. The summed E-state index contributed by atoms with van der Waals surface area (Å²) in [4.78, 5) is 0. The molecule has 0 unspecified atom stereocenters. The topological polar surface area (TPSA) is 40.5 Å². The SMILES string of the molecule is CCCCC[C@@H]1C[C@H]1B(O)O. The van der Waals surface area contributed by atoms with Crippen molar-refractivity contribution >= 4 is 7.12 Å². The van der Waals surface area contributed by atoms with Gasteiger partial charge in [0.05, 0.1) is 0 Å². The van der Waals surface area contributed by atoms with Crippen molar-refractivity contribution in [3.05, 3.63) is 0 Å². The summed E-state index contributed by atoms with van der Waals surface area (Å²) in [6.45, 7) is 2.19. The molecule has 0 aromatic heterocycles. The van der Waals surface area contributed by atoms with E-state index in [2.05, 4.69) is 6.92 Å². The summed E-state index contributed by atoms with van der Waals surface area (Å²) in [6.07, 6.45) is 6.01. The highest BCUT2D eigenvalue weighted by Gasteiger charge is 2.44. The lowest BCUT2D eigenvalue weighted by molar-refractivity contribution is 0.398. The summed E-state index contributed by atoms with van der Waals surface area (Å²) < 4.78 is 0. The van der Waals surface area contributed by atoms with Crippen LogP contribution in [0.25, 0.3) is 0 Å². The average Bonchev–Trinajstić information content (AvgIpc) is 2.68. The molecule has 1 aliphatic carbocycles. The largest absolute Gasteiger partial charge is 0.455 e. The maximum absolute atomic E-state index is 8.77. The third-order valence-electron chi connectivity index (χ3n) is 2.54. The first-order valence-electron chi connectivity index (χ1n) is 4.61. The first-order valence-corrected chi connectivity index (χ1v) is 4.61. The lowest BCUT2D eigenvalue weighted by Crippen LogP contribution is -2.11. The van der Waals surface area contributed by atoms with Crippen LogP contribution in [0.2, 0.25) is 5.82 Å². The molecule has 11 heavy (non-hydrogen) atoms. The zero-order valence-corrected chi connectivity index (χ0v) is 7.16. The van der Waals surface area contributed by atoms with Crippen molar-refractivity contribution in [1.29, 1.82) is 0 Å². The van der Waals surface area contributed by atoms with Crippen molar-refractivity contribution in [2.75, 3.05) is 0 Å². The van der Waals surface area contributed by atoms with Crippen LogP contribution in [0.3, 0.4) is 0 Å². The number of hydrogen-bond donors (Lipinski definition) is 2. The van der Waals surface area contributed by atoms with E-state index < -0.39 is 7.12 Å². The maximum Gasteiger partial charge on any atom is 0.455 e. The van der Waals surface area contributed by atoms with Gasteiger partial charge in [0.25, 0.3) is 0 Å². The molecule has 0 aromatic rings. The summed E-state index contributed by atoms with van der Waals surface area (Å²) in [5.74, 6) is 0.813. The first-order chi connectivity index (χ1) is 5.25. The normalized spacial score (nSPS) is 28.6. The number of unbranched alkanes of at least 4 members (excludes halogenated alkanes) is 2. The van der Waals surface area contributed by atoms with Gasteiger partial charge in [0.15, 0.2) is 0 Å². The van der Waals surface area contributed by atoms with Crippen molar-refractivity contribution in [2.45, 2.75) is 44.8 Å². The van der Waals surface area contributed by atoms with Crippen molar-refractivity contribution in [2.24, 2.45) is 5.92 Å². The molecule has 0 bridgehead atoms. The van der Waals surface area contributed by atoms with Crippen LogP contribution in [-0.4, -0.2) is 17.2 Å². The lowest BCUT2D eigenvalue weighted by atomic mass is 9.81. The van der Waals surface area contributed by atoms with Crippen LogP contribution >= 0.6 is 0 Å². The van der Waals surface area contributed by atoms with E-state index in [0.717, 1.165) is 6.42 Å². The molecule has 2 nitrogen and oxygen atoms in total. The quantitative estimate of drug-likeness (QED) is 0.466. The van der Waals surface area contributed by atoms with Gasteiger partial charge in [0.1, 0.15) is 0 Å². The Morgan fingerprint density at radius 1 is 1.36 bits per heavy atom. The van der Waals surface area contributed by atoms with Crippen molar-refractivity contribution in [1.82, 2.24) is 0 Å². The average molecular weight is 156 g/mol. The van der Waals surface area contributed by atoms with E-state index in [1.807, 2.05) is 0 Å². The Bertz CT molecular complexity index is 117. The van der Waals surface area contributed by atoms with E-state index in [1.165, 1.54) is 25.7 Å². The lowest BCUT2D eigenvalue weighted by Gasteiger charge is -1.97. The second kappa shape index (κ2) is 4.12. The Morgan fingerprint density at radius 2 is 2.09 bits per heavy atom. The van der Waals surface area contributed by atoms with Gasteiger partial charge in [-0.05, 0) is 18.2 Å². The second-order valence-electron chi connectivity index (χ2n) is 3.57. The Kier molecular flexibility index (Phi) is 3.40. The predicted molar refractivity (Wildman–Crippen MR) is 46.2 cm³/mol. The summed E-state index contributed by atoms with van der Waals surface area (Å²) in [7, 11) is -1.05. The van der Waals surface area contributed by atoms with Gasteiger partial charge in [-0.2, -0.15) is 0 Å². The molecule has 3 heteroatoms. The van der Waals surface area contributed by atoms with E-state index in [0.29, 0.717) is 5.92 Å². The molecular formula is C8H17BO2. The third kappa shape index (κ3) is 2.84. The van der Waals surface area contributed by atoms with Crippen LogP contribution in [0.1, 0.15) is 39.0 Å². The van der Waals surface area contributed by atoms with E-state index in [1.54, 1.807) is 0 Å². The fraction of sp³-hybridized carbons (Fsp3) is 1.00. The van der Waals surface area contributed by atoms with Crippen molar-refractivity contribution < 1.29 is 10.0 Å². The van der Waals surface area contributed by atoms with Crippen LogP contribution in [0.5, 0.6) is 0 Å². The molecule has 0 radical (unpaired) electrons. The minimum atomic E-state index is -1.05. The Balaban J connectivity index is 1.96. The molecule has 1 fully saturated rings. The summed E-state index contributed by atoms with van der Waals surface area (Å²) >= 11 is 0. The summed E-state index contributed by atoms with van der Waals surface area (Å²) in [5, 5.41) is 17.5. The zero-order valence-electron chi connectivity index (χ0n) is 7.16.